The van der Waals surface area contributed by atoms with Crippen LogP contribution in [-0.4, -0.2) is 62.6 Å². The first-order chi connectivity index (χ1) is 5.93. The van der Waals surface area contributed by atoms with Gasteiger partial charge in [0.1, 0.15) is 0 Å². The van der Waals surface area contributed by atoms with E-state index in [1.807, 2.05) is 0 Å². The number of hydrogen-bond donors (Lipinski definition) is 2. The fraction of sp³-hybridized carbons (Fsp3) is 1.00. The molecule has 0 atom stereocenters. The Hall–Kier alpha value is 0.420. The normalized spacial score (nSPS) is 16.9. The maximum atomic E-state index is 8.45. The van der Waals surface area contributed by atoms with Gasteiger partial charge in [0.2, 0.25) is 0 Å². The second kappa shape index (κ2) is 11.5. The van der Waals surface area contributed by atoms with Crippen molar-refractivity contribution in [1.29, 1.82) is 0 Å². The molecular formula is C8H20Cl2N2O2. The lowest BCUT2D eigenvalue weighted by molar-refractivity contribution is 0.0710. The van der Waals surface area contributed by atoms with E-state index in [1.54, 1.807) is 0 Å². The van der Waals surface area contributed by atoms with Gasteiger partial charge in [0, 0.05) is 32.7 Å². The summed E-state index contributed by atoms with van der Waals surface area (Å²) in [6.07, 6.45) is 0. The molecule has 0 amide bonds. The summed E-state index contributed by atoms with van der Waals surface area (Å²) in [6.45, 7) is 6.71. The average Bonchev–Trinajstić information content (AvgIpc) is 2.14. The van der Waals surface area contributed by atoms with E-state index >= 15 is 0 Å². The molecule has 1 aliphatic rings. The van der Waals surface area contributed by atoms with Crippen LogP contribution in [0.25, 0.3) is 0 Å². The second-order valence-corrected chi connectivity index (χ2v) is 2.93. The highest BCUT2D eigenvalue weighted by Crippen LogP contribution is 1.91. The van der Waals surface area contributed by atoms with Crippen LogP contribution in [0.2, 0.25) is 0 Å². The van der Waals surface area contributed by atoms with Crippen molar-refractivity contribution in [1.82, 2.24) is 10.2 Å². The average molecular weight is 247 g/mol. The zero-order chi connectivity index (χ0) is 8.65. The first-order valence-corrected chi connectivity index (χ1v) is 4.55. The lowest BCUT2D eigenvalue weighted by atomic mass is 10.4. The third-order valence-corrected chi connectivity index (χ3v) is 2.00. The number of halogens is 2. The number of aliphatic hydroxyl groups excluding tert-OH is 1. The molecule has 88 valence electrons. The van der Waals surface area contributed by atoms with E-state index in [1.165, 1.54) is 0 Å². The molecule has 14 heavy (non-hydrogen) atoms. The molecule has 0 bridgehead atoms. The van der Waals surface area contributed by atoms with Crippen molar-refractivity contribution < 1.29 is 9.84 Å². The molecule has 1 saturated heterocycles. The fourth-order valence-corrected chi connectivity index (χ4v) is 1.30. The van der Waals surface area contributed by atoms with Crippen molar-refractivity contribution in [2.45, 2.75) is 0 Å². The van der Waals surface area contributed by atoms with Crippen molar-refractivity contribution in [3.05, 3.63) is 0 Å². The maximum Gasteiger partial charge on any atom is 0.0698 e. The molecule has 6 heteroatoms. The lowest BCUT2D eigenvalue weighted by Crippen LogP contribution is -2.44. The Morgan fingerprint density at radius 3 is 2.36 bits per heavy atom. The number of nitrogens with zero attached hydrogens (tertiary/aromatic N) is 1. The number of rotatable bonds is 5. The van der Waals surface area contributed by atoms with Crippen molar-refractivity contribution in [2.24, 2.45) is 0 Å². The second-order valence-electron chi connectivity index (χ2n) is 2.93. The number of piperazine rings is 1. The predicted octanol–water partition coefficient (Wildman–Crippen LogP) is -0.256. The summed E-state index contributed by atoms with van der Waals surface area (Å²) in [5.41, 5.74) is 0. The summed E-state index contributed by atoms with van der Waals surface area (Å²) in [5.74, 6) is 0. The fourth-order valence-electron chi connectivity index (χ4n) is 1.30. The van der Waals surface area contributed by atoms with E-state index in [9.17, 15) is 0 Å². The molecule has 2 N–H and O–H groups in total. The Bertz CT molecular complexity index is 114. The van der Waals surface area contributed by atoms with Crippen LogP contribution in [0.15, 0.2) is 0 Å². The molecule has 1 heterocycles. The van der Waals surface area contributed by atoms with Crippen LogP contribution >= 0.6 is 24.8 Å². The van der Waals surface area contributed by atoms with Crippen LogP contribution in [0.1, 0.15) is 0 Å². The first-order valence-electron chi connectivity index (χ1n) is 4.55. The Morgan fingerprint density at radius 1 is 1.14 bits per heavy atom. The summed E-state index contributed by atoms with van der Waals surface area (Å²) < 4.78 is 5.17. The first kappa shape index (κ1) is 16.8. The number of nitrogens with one attached hydrogen (secondary N) is 1. The monoisotopic (exact) mass is 246 g/mol. The van der Waals surface area contributed by atoms with E-state index in [-0.39, 0.29) is 31.4 Å². The SMILES string of the molecule is Cl.Cl.OCCOCCN1CCNCC1. The van der Waals surface area contributed by atoms with Crippen LogP contribution < -0.4 is 5.32 Å². The molecule has 0 aromatic carbocycles. The smallest absolute Gasteiger partial charge is 0.0698 e. The molecule has 1 fully saturated rings. The van der Waals surface area contributed by atoms with Crippen molar-refractivity contribution >= 4 is 24.8 Å². The Morgan fingerprint density at radius 2 is 1.79 bits per heavy atom. The van der Waals surface area contributed by atoms with Gasteiger partial charge in [-0.2, -0.15) is 0 Å². The molecule has 0 aliphatic carbocycles. The number of hydrogen-bond acceptors (Lipinski definition) is 4. The highest BCUT2D eigenvalue weighted by atomic mass is 35.5. The van der Waals surface area contributed by atoms with Gasteiger partial charge in [-0.1, -0.05) is 0 Å². The molecule has 1 aliphatic heterocycles. The minimum Gasteiger partial charge on any atom is -0.394 e. The van der Waals surface area contributed by atoms with Gasteiger partial charge in [0.15, 0.2) is 0 Å². The van der Waals surface area contributed by atoms with Crippen LogP contribution in [0.5, 0.6) is 0 Å². The Kier molecular flexibility index (Phi) is 13.8. The summed E-state index contributed by atoms with van der Waals surface area (Å²) in [4.78, 5) is 2.37. The van der Waals surface area contributed by atoms with Gasteiger partial charge >= 0.3 is 0 Å². The molecular weight excluding hydrogens is 227 g/mol. The van der Waals surface area contributed by atoms with Crippen LogP contribution in [0.3, 0.4) is 0 Å². The maximum absolute atomic E-state index is 8.45. The van der Waals surface area contributed by atoms with Crippen LogP contribution in [0.4, 0.5) is 0 Å². The summed E-state index contributed by atoms with van der Waals surface area (Å²) >= 11 is 0. The van der Waals surface area contributed by atoms with Gasteiger partial charge in [-0.15, -0.1) is 24.8 Å². The van der Waals surface area contributed by atoms with E-state index in [0.29, 0.717) is 6.61 Å². The van der Waals surface area contributed by atoms with E-state index < -0.39 is 0 Å². The molecule has 0 aromatic heterocycles. The Labute approximate surface area is 97.8 Å². The molecule has 0 radical (unpaired) electrons. The van der Waals surface area contributed by atoms with Gasteiger partial charge in [0.25, 0.3) is 0 Å². The van der Waals surface area contributed by atoms with Gasteiger partial charge in [-0.3, -0.25) is 4.90 Å². The lowest BCUT2D eigenvalue weighted by Gasteiger charge is -2.26. The van der Waals surface area contributed by atoms with Gasteiger partial charge in [-0.25, -0.2) is 0 Å². The zero-order valence-electron chi connectivity index (χ0n) is 8.28. The van der Waals surface area contributed by atoms with Gasteiger partial charge in [0.05, 0.1) is 19.8 Å². The van der Waals surface area contributed by atoms with Crippen LogP contribution in [0, 0.1) is 0 Å². The van der Waals surface area contributed by atoms with Gasteiger partial charge < -0.3 is 15.2 Å². The van der Waals surface area contributed by atoms with Crippen molar-refractivity contribution in [3.8, 4) is 0 Å². The minimum absolute atomic E-state index is 0. The number of ether oxygens (including phenoxy) is 1. The molecule has 4 nitrogen and oxygen atoms in total. The molecule has 0 spiro atoms. The topological polar surface area (TPSA) is 44.7 Å². The summed E-state index contributed by atoms with van der Waals surface area (Å²) in [6, 6.07) is 0. The largest absolute Gasteiger partial charge is 0.394 e. The third kappa shape index (κ3) is 7.79. The quantitative estimate of drug-likeness (QED) is 0.657. The van der Waals surface area contributed by atoms with E-state index in [2.05, 4.69) is 10.2 Å². The van der Waals surface area contributed by atoms with Crippen molar-refractivity contribution in [3.63, 3.8) is 0 Å². The minimum atomic E-state index is 0. The molecule has 0 aromatic rings. The highest BCUT2D eigenvalue weighted by Gasteiger charge is 2.07. The highest BCUT2D eigenvalue weighted by molar-refractivity contribution is 5.85. The van der Waals surface area contributed by atoms with E-state index in [0.717, 1.165) is 39.3 Å². The van der Waals surface area contributed by atoms with Crippen LogP contribution in [-0.2, 0) is 4.74 Å². The molecule has 0 saturated carbocycles. The predicted molar refractivity (Wildman–Crippen MR) is 61.7 cm³/mol. The molecule has 0 unspecified atom stereocenters. The standard InChI is InChI=1S/C8H18N2O2.2ClH/c11-6-8-12-7-5-10-3-1-9-2-4-10;;/h9,11H,1-8H2;2*1H. The Balaban J connectivity index is 0. The van der Waals surface area contributed by atoms with Gasteiger partial charge in [-0.05, 0) is 0 Å². The summed E-state index contributed by atoms with van der Waals surface area (Å²) in [7, 11) is 0. The third-order valence-electron chi connectivity index (χ3n) is 2.00. The van der Waals surface area contributed by atoms with Crippen molar-refractivity contribution in [2.75, 3.05) is 52.5 Å². The number of aliphatic hydroxyl groups is 1. The molecule has 1 rings (SSSR count). The van der Waals surface area contributed by atoms with E-state index in [4.69, 9.17) is 9.84 Å². The summed E-state index contributed by atoms with van der Waals surface area (Å²) in [5, 5.41) is 11.7. The zero-order valence-corrected chi connectivity index (χ0v) is 9.91.